The molecule has 0 amide bonds. The number of hydrogen-bond donors (Lipinski definition) is 3. The molecule has 0 unspecified atom stereocenters. The van der Waals surface area contributed by atoms with Crippen LogP contribution in [-0.2, 0) is 6.54 Å². The molecule has 0 fully saturated rings. The van der Waals surface area contributed by atoms with Crippen molar-refractivity contribution < 1.29 is 4.74 Å². The summed E-state index contributed by atoms with van der Waals surface area (Å²) in [6.07, 6.45) is 0. The number of nitrogens with one attached hydrogen (secondary N) is 2. The fourth-order valence-corrected chi connectivity index (χ4v) is 1.60. The number of aromatic amines is 2. The van der Waals surface area contributed by atoms with Gasteiger partial charge in [0.25, 0.3) is 5.56 Å². The van der Waals surface area contributed by atoms with Gasteiger partial charge < -0.3 is 10.5 Å². The molecule has 0 spiro atoms. The van der Waals surface area contributed by atoms with Crippen LogP contribution in [0.5, 0.6) is 5.75 Å². The van der Waals surface area contributed by atoms with Crippen molar-refractivity contribution in [2.45, 2.75) is 6.54 Å². The van der Waals surface area contributed by atoms with E-state index in [0.717, 1.165) is 11.3 Å². The van der Waals surface area contributed by atoms with Crippen molar-refractivity contribution in [1.29, 1.82) is 0 Å². The highest BCUT2D eigenvalue weighted by Gasteiger charge is 2.10. The van der Waals surface area contributed by atoms with Gasteiger partial charge in [-0.05, 0) is 12.1 Å². The van der Waals surface area contributed by atoms with Crippen molar-refractivity contribution in [3.8, 4) is 17.0 Å². The predicted molar refractivity (Wildman–Crippen MR) is 61.3 cm³/mol. The number of benzene rings is 1. The Morgan fingerprint density at radius 1 is 1.38 bits per heavy atom. The number of ether oxygens (including phenoxy) is 1. The number of nitrogens with two attached hydrogens (primary N) is 1. The molecule has 5 heteroatoms. The van der Waals surface area contributed by atoms with Crippen LogP contribution in [0.3, 0.4) is 0 Å². The Bertz CT molecular complexity index is 542. The van der Waals surface area contributed by atoms with Gasteiger partial charge >= 0.3 is 0 Å². The van der Waals surface area contributed by atoms with Gasteiger partial charge in [-0.2, -0.15) is 0 Å². The molecule has 0 saturated carbocycles. The Kier molecular flexibility index (Phi) is 2.78. The molecule has 0 saturated heterocycles. The molecule has 5 nitrogen and oxygen atoms in total. The number of methoxy groups -OCH3 is 1. The Labute approximate surface area is 92.2 Å². The molecule has 0 radical (unpaired) electrons. The normalized spacial score (nSPS) is 10.4. The van der Waals surface area contributed by atoms with E-state index in [2.05, 4.69) is 10.2 Å². The summed E-state index contributed by atoms with van der Waals surface area (Å²) in [6, 6.07) is 7.44. The SMILES string of the molecule is COc1cccc(-c2[nH][nH]c(=O)c2CN)c1. The van der Waals surface area contributed by atoms with Gasteiger partial charge in [-0.1, -0.05) is 12.1 Å². The smallest absolute Gasteiger partial charge is 0.269 e. The van der Waals surface area contributed by atoms with Gasteiger partial charge in [-0.3, -0.25) is 15.0 Å². The standard InChI is InChI=1S/C11H13N3O2/c1-16-8-4-2-3-7(5-8)10-9(6-12)11(15)14-13-10/h2-5H,6,12H2,1H3,(H2,13,14,15). The van der Waals surface area contributed by atoms with E-state index in [-0.39, 0.29) is 12.1 Å². The first kappa shape index (κ1) is 10.5. The molecule has 4 N–H and O–H groups in total. The first-order chi connectivity index (χ1) is 7.76. The van der Waals surface area contributed by atoms with Crippen molar-refractivity contribution in [2.75, 3.05) is 7.11 Å². The molecule has 0 aliphatic carbocycles. The Morgan fingerprint density at radius 3 is 2.88 bits per heavy atom. The van der Waals surface area contributed by atoms with E-state index in [1.807, 2.05) is 24.3 Å². The maximum Gasteiger partial charge on any atom is 0.269 e. The quantitative estimate of drug-likeness (QED) is 0.715. The summed E-state index contributed by atoms with van der Waals surface area (Å²) in [5, 5.41) is 5.34. The van der Waals surface area contributed by atoms with Crippen LogP contribution in [0.25, 0.3) is 11.3 Å². The van der Waals surface area contributed by atoms with Crippen molar-refractivity contribution in [1.82, 2.24) is 10.2 Å². The molecule has 1 aromatic heterocycles. The lowest BCUT2D eigenvalue weighted by molar-refractivity contribution is 0.415. The average Bonchev–Trinajstić information content (AvgIpc) is 2.70. The van der Waals surface area contributed by atoms with Crippen molar-refractivity contribution in [3.63, 3.8) is 0 Å². The van der Waals surface area contributed by atoms with Crippen molar-refractivity contribution in [3.05, 3.63) is 40.2 Å². The minimum absolute atomic E-state index is 0.180. The molecular weight excluding hydrogens is 206 g/mol. The van der Waals surface area contributed by atoms with Crippen LogP contribution in [0.2, 0.25) is 0 Å². The van der Waals surface area contributed by atoms with Crippen molar-refractivity contribution >= 4 is 0 Å². The zero-order chi connectivity index (χ0) is 11.5. The van der Waals surface area contributed by atoms with Crippen LogP contribution < -0.4 is 16.0 Å². The van der Waals surface area contributed by atoms with E-state index in [1.165, 1.54) is 0 Å². The van der Waals surface area contributed by atoms with E-state index in [4.69, 9.17) is 10.5 Å². The molecule has 84 valence electrons. The van der Waals surface area contributed by atoms with E-state index in [1.54, 1.807) is 7.11 Å². The summed E-state index contributed by atoms with van der Waals surface area (Å²) in [5.41, 5.74) is 7.49. The van der Waals surface area contributed by atoms with Crippen LogP contribution in [0.15, 0.2) is 29.1 Å². The van der Waals surface area contributed by atoms with E-state index in [9.17, 15) is 4.79 Å². The number of hydrogen-bond acceptors (Lipinski definition) is 3. The summed E-state index contributed by atoms with van der Waals surface area (Å²) in [4.78, 5) is 11.4. The van der Waals surface area contributed by atoms with Crippen molar-refractivity contribution in [2.24, 2.45) is 5.73 Å². The van der Waals surface area contributed by atoms with Crippen LogP contribution in [0.1, 0.15) is 5.56 Å². The minimum Gasteiger partial charge on any atom is -0.497 e. The Morgan fingerprint density at radius 2 is 2.19 bits per heavy atom. The highest BCUT2D eigenvalue weighted by molar-refractivity contribution is 5.64. The molecule has 16 heavy (non-hydrogen) atoms. The zero-order valence-corrected chi connectivity index (χ0v) is 8.91. The largest absolute Gasteiger partial charge is 0.497 e. The zero-order valence-electron chi connectivity index (χ0n) is 8.91. The van der Waals surface area contributed by atoms with Gasteiger partial charge in [0.2, 0.25) is 0 Å². The minimum atomic E-state index is -0.180. The van der Waals surface area contributed by atoms with Gasteiger partial charge in [0.1, 0.15) is 5.75 Å². The molecule has 0 bridgehead atoms. The second-order valence-electron chi connectivity index (χ2n) is 3.37. The number of rotatable bonds is 3. The summed E-state index contributed by atoms with van der Waals surface area (Å²) in [6.45, 7) is 0.200. The lowest BCUT2D eigenvalue weighted by Gasteiger charge is -2.03. The molecule has 2 aromatic rings. The molecule has 0 aliphatic rings. The third-order valence-corrected chi connectivity index (χ3v) is 2.44. The topological polar surface area (TPSA) is 83.9 Å². The molecule has 0 atom stereocenters. The number of H-pyrrole nitrogens is 2. The maximum absolute atomic E-state index is 11.4. The summed E-state index contributed by atoms with van der Waals surface area (Å²) in [5.74, 6) is 0.738. The molecular formula is C11H13N3O2. The first-order valence-corrected chi connectivity index (χ1v) is 4.90. The summed E-state index contributed by atoms with van der Waals surface area (Å²) >= 11 is 0. The summed E-state index contributed by atoms with van der Waals surface area (Å²) < 4.78 is 5.12. The first-order valence-electron chi connectivity index (χ1n) is 4.90. The molecule has 1 aromatic carbocycles. The van der Waals surface area contributed by atoms with E-state index >= 15 is 0 Å². The summed E-state index contributed by atoms with van der Waals surface area (Å²) in [7, 11) is 1.60. The second kappa shape index (κ2) is 4.24. The lowest BCUT2D eigenvalue weighted by atomic mass is 10.1. The van der Waals surface area contributed by atoms with Crippen LogP contribution >= 0.6 is 0 Å². The third kappa shape index (κ3) is 1.72. The maximum atomic E-state index is 11.4. The van der Waals surface area contributed by atoms with Crippen LogP contribution in [0.4, 0.5) is 0 Å². The van der Waals surface area contributed by atoms with Gasteiger partial charge in [0.15, 0.2) is 0 Å². The average molecular weight is 219 g/mol. The van der Waals surface area contributed by atoms with Gasteiger partial charge in [0, 0.05) is 12.1 Å². The molecule has 2 rings (SSSR count). The van der Waals surface area contributed by atoms with Crippen LogP contribution in [0, 0.1) is 0 Å². The van der Waals surface area contributed by atoms with Gasteiger partial charge in [-0.25, -0.2) is 0 Å². The molecule has 0 aliphatic heterocycles. The fraction of sp³-hybridized carbons (Fsp3) is 0.182. The van der Waals surface area contributed by atoms with Crippen LogP contribution in [-0.4, -0.2) is 17.3 Å². The Balaban J connectivity index is 2.53. The second-order valence-corrected chi connectivity index (χ2v) is 3.37. The Hall–Kier alpha value is -2.01. The highest BCUT2D eigenvalue weighted by atomic mass is 16.5. The van der Waals surface area contributed by atoms with E-state index < -0.39 is 0 Å². The van der Waals surface area contributed by atoms with E-state index in [0.29, 0.717) is 11.3 Å². The van der Waals surface area contributed by atoms with Gasteiger partial charge in [0.05, 0.1) is 18.4 Å². The predicted octanol–water partition coefficient (Wildman–Crippen LogP) is 0.837. The lowest BCUT2D eigenvalue weighted by Crippen LogP contribution is -2.10. The molecule has 1 heterocycles. The highest BCUT2D eigenvalue weighted by Crippen LogP contribution is 2.23. The third-order valence-electron chi connectivity index (χ3n) is 2.44. The van der Waals surface area contributed by atoms with Gasteiger partial charge in [-0.15, -0.1) is 0 Å². The number of aromatic nitrogens is 2. The fourth-order valence-electron chi connectivity index (χ4n) is 1.60. The monoisotopic (exact) mass is 219 g/mol.